The summed E-state index contributed by atoms with van der Waals surface area (Å²) in [7, 11) is 0. The van der Waals surface area contributed by atoms with Crippen LogP contribution in [0.15, 0.2) is 30.3 Å². The van der Waals surface area contributed by atoms with Crippen LogP contribution in [-0.2, 0) is 16.1 Å². The summed E-state index contributed by atoms with van der Waals surface area (Å²) in [4.78, 5) is 15.1. The van der Waals surface area contributed by atoms with Gasteiger partial charge in [0.2, 0.25) is 5.91 Å². The Kier molecular flexibility index (Phi) is 5.17. The molecule has 0 saturated carbocycles. The zero-order valence-corrected chi connectivity index (χ0v) is 14.2. The number of rotatable bonds is 4. The number of nitriles is 1. The monoisotopic (exact) mass is 327 g/mol. The van der Waals surface area contributed by atoms with Crippen molar-refractivity contribution in [2.45, 2.75) is 31.8 Å². The second-order valence-electron chi connectivity index (χ2n) is 7.06. The van der Waals surface area contributed by atoms with Crippen molar-refractivity contribution in [3.63, 3.8) is 0 Å². The molecule has 1 N–H and O–H groups in total. The fraction of sp³-hybridized carbons (Fsp3) is 0.579. The maximum atomic E-state index is 12.8. The Balaban J connectivity index is 1.60. The number of amides is 1. The van der Waals surface area contributed by atoms with Crippen LogP contribution in [0.1, 0.15) is 25.3 Å². The Hall–Kier alpha value is -1.90. The molecule has 3 rings (SSSR count). The summed E-state index contributed by atoms with van der Waals surface area (Å²) in [6.45, 7) is 5.72. The van der Waals surface area contributed by atoms with Crippen molar-refractivity contribution in [2.24, 2.45) is 11.8 Å². The highest BCUT2D eigenvalue weighted by atomic mass is 16.5. The minimum Gasteiger partial charge on any atom is -0.381 e. The molecule has 0 spiro atoms. The second kappa shape index (κ2) is 7.33. The highest BCUT2D eigenvalue weighted by Crippen LogP contribution is 2.27. The molecule has 0 bridgehead atoms. The van der Waals surface area contributed by atoms with Gasteiger partial charge in [-0.2, -0.15) is 5.26 Å². The molecule has 0 aliphatic carbocycles. The third-order valence-corrected chi connectivity index (χ3v) is 5.20. The Morgan fingerprint density at radius 1 is 1.33 bits per heavy atom. The van der Waals surface area contributed by atoms with Crippen molar-refractivity contribution in [1.82, 2.24) is 10.2 Å². The predicted molar refractivity (Wildman–Crippen MR) is 90.9 cm³/mol. The van der Waals surface area contributed by atoms with Gasteiger partial charge in [-0.25, -0.2) is 0 Å². The first-order valence-electron chi connectivity index (χ1n) is 8.69. The van der Waals surface area contributed by atoms with E-state index in [1.165, 1.54) is 5.56 Å². The number of likely N-dealkylation sites (tertiary alicyclic amines) is 1. The van der Waals surface area contributed by atoms with E-state index in [1.54, 1.807) is 0 Å². The number of hydrogen-bond donors (Lipinski definition) is 1. The first kappa shape index (κ1) is 16.9. The molecule has 0 unspecified atom stereocenters. The van der Waals surface area contributed by atoms with Crippen LogP contribution >= 0.6 is 0 Å². The number of carbonyl (C=O) groups excluding carboxylic acids is 1. The number of hydrogen-bond acceptors (Lipinski definition) is 4. The van der Waals surface area contributed by atoms with Gasteiger partial charge in [-0.1, -0.05) is 37.3 Å². The Labute approximate surface area is 143 Å². The first-order valence-corrected chi connectivity index (χ1v) is 8.69. The second-order valence-corrected chi connectivity index (χ2v) is 7.06. The summed E-state index contributed by atoms with van der Waals surface area (Å²) in [5.41, 5.74) is 0.519. The molecule has 24 heavy (non-hydrogen) atoms. The fourth-order valence-corrected chi connectivity index (χ4v) is 3.69. The summed E-state index contributed by atoms with van der Waals surface area (Å²) in [6, 6.07) is 12.6. The maximum Gasteiger partial charge on any atom is 0.225 e. The van der Waals surface area contributed by atoms with Crippen LogP contribution in [-0.4, -0.2) is 42.6 Å². The molecule has 2 atom stereocenters. The highest BCUT2D eigenvalue weighted by Gasteiger charge is 2.40. The van der Waals surface area contributed by atoms with Gasteiger partial charge in [0, 0.05) is 45.7 Å². The van der Waals surface area contributed by atoms with Crippen LogP contribution in [0.2, 0.25) is 0 Å². The predicted octanol–water partition coefficient (Wildman–Crippen LogP) is 1.94. The van der Waals surface area contributed by atoms with Gasteiger partial charge in [0.1, 0.15) is 5.54 Å². The van der Waals surface area contributed by atoms with Gasteiger partial charge >= 0.3 is 0 Å². The molecule has 2 aliphatic rings. The zero-order chi connectivity index (χ0) is 17.0. The van der Waals surface area contributed by atoms with Gasteiger partial charge in [-0.05, 0) is 11.5 Å². The van der Waals surface area contributed by atoms with E-state index in [-0.39, 0.29) is 11.8 Å². The van der Waals surface area contributed by atoms with Crippen molar-refractivity contribution < 1.29 is 9.53 Å². The van der Waals surface area contributed by atoms with Crippen molar-refractivity contribution in [1.29, 1.82) is 5.26 Å². The van der Waals surface area contributed by atoms with Crippen molar-refractivity contribution in [2.75, 3.05) is 26.3 Å². The maximum absolute atomic E-state index is 12.8. The SMILES string of the molecule is C[C@@H]1CN(Cc2ccccc2)C[C@H]1C(=O)NC1(C#N)CCOCC1. The van der Waals surface area contributed by atoms with E-state index in [0.29, 0.717) is 32.0 Å². The summed E-state index contributed by atoms with van der Waals surface area (Å²) in [5.74, 6) is 0.257. The van der Waals surface area contributed by atoms with Crippen LogP contribution < -0.4 is 5.32 Å². The Bertz CT molecular complexity index is 605. The van der Waals surface area contributed by atoms with E-state index in [1.807, 2.05) is 18.2 Å². The zero-order valence-electron chi connectivity index (χ0n) is 14.2. The van der Waals surface area contributed by atoms with Crippen LogP contribution in [0, 0.1) is 23.2 Å². The lowest BCUT2D eigenvalue weighted by molar-refractivity contribution is -0.127. The summed E-state index contributed by atoms with van der Waals surface area (Å²) in [6.07, 6.45) is 1.15. The molecule has 5 heteroatoms. The third kappa shape index (κ3) is 3.77. The summed E-state index contributed by atoms with van der Waals surface area (Å²) in [5, 5.41) is 12.5. The topological polar surface area (TPSA) is 65.4 Å². The molecule has 2 heterocycles. The molecular formula is C19H25N3O2. The van der Waals surface area contributed by atoms with Gasteiger partial charge in [0.05, 0.1) is 12.0 Å². The number of carbonyl (C=O) groups is 1. The molecule has 2 fully saturated rings. The quantitative estimate of drug-likeness (QED) is 0.918. The molecule has 0 aromatic heterocycles. The summed E-state index contributed by atoms with van der Waals surface area (Å²) < 4.78 is 5.33. The largest absolute Gasteiger partial charge is 0.381 e. The lowest BCUT2D eigenvalue weighted by Gasteiger charge is -2.32. The lowest BCUT2D eigenvalue weighted by Crippen LogP contribution is -2.53. The summed E-state index contributed by atoms with van der Waals surface area (Å²) >= 11 is 0. The number of nitrogens with one attached hydrogen (secondary N) is 1. The highest BCUT2D eigenvalue weighted by molar-refractivity contribution is 5.80. The normalized spacial score (nSPS) is 26.7. The molecule has 1 aromatic rings. The molecular weight excluding hydrogens is 302 g/mol. The van der Waals surface area contributed by atoms with Gasteiger partial charge in [0.15, 0.2) is 0 Å². The standard InChI is InChI=1S/C19H25N3O2/c1-15-11-22(12-16-5-3-2-4-6-16)13-17(15)18(23)21-19(14-20)7-9-24-10-8-19/h2-6,15,17H,7-13H2,1H3,(H,21,23)/t15-,17-/m1/s1. The van der Waals surface area contributed by atoms with Gasteiger partial charge in [0.25, 0.3) is 0 Å². The molecule has 128 valence electrons. The van der Waals surface area contributed by atoms with Crippen molar-refractivity contribution in [3.05, 3.63) is 35.9 Å². The average Bonchev–Trinajstić information content (AvgIpc) is 2.97. The minimum absolute atomic E-state index is 0.0153. The van der Waals surface area contributed by atoms with Gasteiger partial charge in [-0.3, -0.25) is 9.69 Å². The fourth-order valence-electron chi connectivity index (χ4n) is 3.69. The van der Waals surface area contributed by atoms with Crippen LogP contribution in [0.4, 0.5) is 0 Å². The first-order chi connectivity index (χ1) is 11.6. The van der Waals surface area contributed by atoms with E-state index < -0.39 is 5.54 Å². The van der Waals surface area contributed by atoms with Gasteiger partial charge in [-0.15, -0.1) is 0 Å². The third-order valence-electron chi connectivity index (χ3n) is 5.20. The molecule has 5 nitrogen and oxygen atoms in total. The van der Waals surface area contributed by atoms with E-state index in [9.17, 15) is 10.1 Å². The number of nitrogens with zero attached hydrogens (tertiary/aromatic N) is 2. The van der Waals surface area contributed by atoms with E-state index in [2.05, 4.69) is 35.3 Å². The smallest absolute Gasteiger partial charge is 0.225 e. The van der Waals surface area contributed by atoms with E-state index in [4.69, 9.17) is 4.74 Å². The number of ether oxygens (including phenoxy) is 1. The Morgan fingerprint density at radius 2 is 2.04 bits per heavy atom. The van der Waals surface area contributed by atoms with Gasteiger partial charge < -0.3 is 10.1 Å². The molecule has 0 radical (unpaired) electrons. The van der Waals surface area contributed by atoms with Crippen molar-refractivity contribution in [3.8, 4) is 6.07 Å². The Morgan fingerprint density at radius 3 is 2.71 bits per heavy atom. The van der Waals surface area contributed by atoms with E-state index >= 15 is 0 Å². The van der Waals surface area contributed by atoms with Crippen molar-refractivity contribution >= 4 is 5.91 Å². The van der Waals surface area contributed by atoms with Crippen LogP contribution in [0.5, 0.6) is 0 Å². The average molecular weight is 327 g/mol. The lowest BCUT2D eigenvalue weighted by atomic mass is 9.89. The van der Waals surface area contributed by atoms with E-state index in [0.717, 1.165) is 19.6 Å². The molecule has 1 amide bonds. The molecule has 1 aromatic carbocycles. The number of benzene rings is 1. The molecule has 2 aliphatic heterocycles. The van der Waals surface area contributed by atoms with Crippen LogP contribution in [0.25, 0.3) is 0 Å². The minimum atomic E-state index is -0.748. The molecule has 2 saturated heterocycles. The van der Waals surface area contributed by atoms with Crippen LogP contribution in [0.3, 0.4) is 0 Å².